The van der Waals surface area contributed by atoms with Crippen molar-refractivity contribution in [3.63, 3.8) is 0 Å². The minimum absolute atomic E-state index is 0.0585. The van der Waals surface area contributed by atoms with E-state index >= 15 is 0 Å². The van der Waals surface area contributed by atoms with Crippen molar-refractivity contribution in [3.8, 4) is 0 Å². The van der Waals surface area contributed by atoms with Crippen molar-refractivity contribution in [3.05, 3.63) is 39.4 Å². The Hall–Kier alpha value is -1.95. The van der Waals surface area contributed by atoms with Gasteiger partial charge in [-0.2, -0.15) is 0 Å². The van der Waals surface area contributed by atoms with Gasteiger partial charge in [-0.05, 0) is 25.8 Å². The summed E-state index contributed by atoms with van der Waals surface area (Å²) in [5.41, 5.74) is 1.47. The molecule has 1 heterocycles. The summed E-state index contributed by atoms with van der Waals surface area (Å²) < 4.78 is 0. The maximum absolute atomic E-state index is 12.2. The molecule has 2 unspecified atom stereocenters. The largest absolute Gasteiger partial charge is 0.322 e. The number of nitrogens with one attached hydrogen (secondary N) is 1. The molecule has 1 saturated heterocycles. The third-order valence-electron chi connectivity index (χ3n) is 3.75. The van der Waals surface area contributed by atoms with E-state index in [0.29, 0.717) is 18.5 Å². The molecule has 108 valence electrons. The van der Waals surface area contributed by atoms with Gasteiger partial charge in [0.1, 0.15) is 6.17 Å². The lowest BCUT2D eigenvalue weighted by molar-refractivity contribution is -0.385. The number of aryl methyl sites for hydroxylation is 1. The van der Waals surface area contributed by atoms with Gasteiger partial charge in [-0.3, -0.25) is 20.2 Å². The molecular formula is C14H19N3O3. The molecule has 6 heteroatoms. The first-order valence-electron chi connectivity index (χ1n) is 6.81. The predicted molar refractivity (Wildman–Crippen MR) is 75.2 cm³/mol. The number of nitrogens with zero attached hydrogens (tertiary/aromatic N) is 2. The molecule has 6 nitrogen and oxygen atoms in total. The number of amides is 1. The summed E-state index contributed by atoms with van der Waals surface area (Å²) in [6, 6.07) is 4.92. The second-order valence-corrected chi connectivity index (χ2v) is 4.96. The summed E-state index contributed by atoms with van der Waals surface area (Å²) in [7, 11) is 0. The van der Waals surface area contributed by atoms with E-state index in [-0.39, 0.29) is 28.7 Å². The third-order valence-corrected chi connectivity index (χ3v) is 3.75. The fraction of sp³-hybridized carbons (Fsp3) is 0.500. The summed E-state index contributed by atoms with van der Waals surface area (Å²) in [5, 5.41) is 14.3. The van der Waals surface area contributed by atoms with Crippen LogP contribution in [0.4, 0.5) is 5.69 Å². The van der Waals surface area contributed by atoms with Gasteiger partial charge in [0.2, 0.25) is 5.91 Å². The summed E-state index contributed by atoms with van der Waals surface area (Å²) >= 11 is 0. The average Bonchev–Trinajstić information content (AvgIpc) is 2.75. The third kappa shape index (κ3) is 2.38. The minimum atomic E-state index is -0.386. The Morgan fingerprint density at radius 3 is 2.65 bits per heavy atom. The van der Waals surface area contributed by atoms with Gasteiger partial charge in [0.05, 0.1) is 11.0 Å². The SMILES string of the molecule is CCC1NC(c2ccc(C)c([N+](=O)[O-])c2)N(CC)C1=O. The van der Waals surface area contributed by atoms with Gasteiger partial charge in [0, 0.05) is 18.2 Å². The van der Waals surface area contributed by atoms with Gasteiger partial charge in [-0.25, -0.2) is 0 Å². The Balaban J connectivity index is 2.38. The van der Waals surface area contributed by atoms with Gasteiger partial charge in [-0.1, -0.05) is 19.1 Å². The van der Waals surface area contributed by atoms with Crippen molar-refractivity contribution in [2.75, 3.05) is 6.54 Å². The number of nitro groups is 1. The monoisotopic (exact) mass is 277 g/mol. The zero-order valence-electron chi connectivity index (χ0n) is 11.9. The summed E-state index contributed by atoms with van der Waals surface area (Å²) in [5.74, 6) is 0.0585. The molecule has 1 amide bonds. The molecule has 2 rings (SSSR count). The van der Waals surface area contributed by atoms with E-state index in [4.69, 9.17) is 0 Å². The second-order valence-electron chi connectivity index (χ2n) is 4.96. The van der Waals surface area contributed by atoms with Crippen molar-refractivity contribution in [2.24, 2.45) is 0 Å². The molecule has 1 aromatic carbocycles. The first-order chi connectivity index (χ1) is 9.49. The number of rotatable bonds is 4. The van der Waals surface area contributed by atoms with Gasteiger partial charge in [0.15, 0.2) is 0 Å². The number of likely N-dealkylation sites (N-methyl/N-ethyl adjacent to an activating group) is 1. The molecule has 0 saturated carbocycles. The molecule has 20 heavy (non-hydrogen) atoms. The first-order valence-corrected chi connectivity index (χ1v) is 6.81. The fourth-order valence-electron chi connectivity index (χ4n) is 2.58. The van der Waals surface area contributed by atoms with Crippen molar-refractivity contribution < 1.29 is 9.72 Å². The van der Waals surface area contributed by atoms with Gasteiger partial charge >= 0.3 is 0 Å². The highest BCUT2D eigenvalue weighted by atomic mass is 16.6. The molecule has 0 aliphatic carbocycles. The molecule has 1 aromatic rings. The van der Waals surface area contributed by atoms with Gasteiger partial charge < -0.3 is 4.90 Å². The van der Waals surface area contributed by atoms with Crippen molar-refractivity contribution in [1.82, 2.24) is 10.2 Å². The number of hydrogen-bond donors (Lipinski definition) is 1. The summed E-state index contributed by atoms with van der Waals surface area (Å²) in [6.07, 6.45) is 0.427. The Labute approximate surface area is 117 Å². The van der Waals surface area contributed by atoms with Gasteiger partial charge in [-0.15, -0.1) is 0 Å². The molecule has 0 radical (unpaired) electrons. The normalized spacial score (nSPS) is 22.4. The highest BCUT2D eigenvalue weighted by Gasteiger charge is 2.38. The topological polar surface area (TPSA) is 75.5 Å². The number of carbonyl (C=O) groups excluding carboxylic acids is 1. The lowest BCUT2D eigenvalue weighted by Gasteiger charge is -2.22. The number of nitro benzene ring substituents is 1. The zero-order valence-corrected chi connectivity index (χ0v) is 11.9. The lowest BCUT2D eigenvalue weighted by atomic mass is 10.1. The van der Waals surface area contributed by atoms with E-state index in [1.54, 1.807) is 24.0 Å². The van der Waals surface area contributed by atoms with Crippen LogP contribution in [-0.2, 0) is 4.79 Å². The summed E-state index contributed by atoms with van der Waals surface area (Å²) in [6.45, 7) is 6.15. The average molecular weight is 277 g/mol. The number of hydrogen-bond acceptors (Lipinski definition) is 4. The van der Waals surface area contributed by atoms with E-state index in [9.17, 15) is 14.9 Å². The molecule has 1 aliphatic rings. The molecule has 1 aliphatic heterocycles. The second kappa shape index (κ2) is 5.58. The van der Waals surface area contributed by atoms with Crippen LogP contribution in [0.3, 0.4) is 0 Å². The Morgan fingerprint density at radius 2 is 2.10 bits per heavy atom. The van der Waals surface area contributed by atoms with Crippen LogP contribution in [0.25, 0.3) is 0 Å². The Bertz CT molecular complexity index is 544. The van der Waals surface area contributed by atoms with E-state index in [1.165, 1.54) is 0 Å². The zero-order chi connectivity index (χ0) is 14.9. The molecule has 0 bridgehead atoms. The Morgan fingerprint density at radius 1 is 1.40 bits per heavy atom. The van der Waals surface area contributed by atoms with Gasteiger partial charge in [0.25, 0.3) is 5.69 Å². The highest BCUT2D eigenvalue weighted by molar-refractivity contribution is 5.84. The van der Waals surface area contributed by atoms with Crippen LogP contribution in [0.5, 0.6) is 0 Å². The molecule has 0 spiro atoms. The van der Waals surface area contributed by atoms with Crippen LogP contribution in [0.15, 0.2) is 18.2 Å². The van der Waals surface area contributed by atoms with Crippen LogP contribution in [0.1, 0.15) is 37.6 Å². The smallest absolute Gasteiger partial charge is 0.272 e. The van der Waals surface area contributed by atoms with E-state index < -0.39 is 0 Å². The number of carbonyl (C=O) groups is 1. The molecule has 0 aromatic heterocycles. The van der Waals surface area contributed by atoms with Crippen molar-refractivity contribution in [2.45, 2.75) is 39.4 Å². The number of benzene rings is 1. The first kappa shape index (κ1) is 14.5. The van der Waals surface area contributed by atoms with Crippen LogP contribution >= 0.6 is 0 Å². The quantitative estimate of drug-likeness (QED) is 0.675. The van der Waals surface area contributed by atoms with E-state index in [1.807, 2.05) is 19.9 Å². The highest BCUT2D eigenvalue weighted by Crippen LogP contribution is 2.29. The van der Waals surface area contributed by atoms with Crippen molar-refractivity contribution in [1.29, 1.82) is 0 Å². The molecule has 2 atom stereocenters. The molecular weight excluding hydrogens is 258 g/mol. The van der Waals surface area contributed by atoms with Crippen LogP contribution in [0, 0.1) is 17.0 Å². The summed E-state index contributed by atoms with van der Waals surface area (Å²) in [4.78, 5) is 24.5. The van der Waals surface area contributed by atoms with Crippen LogP contribution in [-0.4, -0.2) is 28.3 Å². The van der Waals surface area contributed by atoms with Crippen LogP contribution < -0.4 is 5.32 Å². The fourth-order valence-corrected chi connectivity index (χ4v) is 2.58. The maximum atomic E-state index is 12.2. The predicted octanol–water partition coefficient (Wildman–Crippen LogP) is 2.13. The van der Waals surface area contributed by atoms with E-state index in [0.717, 1.165) is 5.56 Å². The van der Waals surface area contributed by atoms with Crippen LogP contribution in [0.2, 0.25) is 0 Å². The maximum Gasteiger partial charge on any atom is 0.272 e. The Kier molecular flexibility index (Phi) is 4.04. The lowest BCUT2D eigenvalue weighted by Crippen LogP contribution is -2.30. The molecule has 1 fully saturated rings. The van der Waals surface area contributed by atoms with E-state index in [2.05, 4.69) is 5.32 Å². The molecule has 1 N–H and O–H groups in total. The minimum Gasteiger partial charge on any atom is -0.322 e. The standard InChI is InChI=1S/C14H19N3O3/c1-4-11-14(18)16(5-2)13(15-11)10-7-6-9(3)12(8-10)17(19)20/h6-8,11,13,15H,4-5H2,1-3H3. The van der Waals surface area contributed by atoms with Crippen molar-refractivity contribution >= 4 is 11.6 Å².